The maximum absolute atomic E-state index is 6.24. The van der Waals surface area contributed by atoms with E-state index >= 15 is 0 Å². The lowest BCUT2D eigenvalue weighted by atomic mass is 10.1. The van der Waals surface area contributed by atoms with Gasteiger partial charge in [-0.1, -0.05) is 30.0 Å². The van der Waals surface area contributed by atoms with Crippen LogP contribution in [0.4, 0.5) is 0 Å². The van der Waals surface area contributed by atoms with Gasteiger partial charge in [0, 0.05) is 10.9 Å². The third kappa shape index (κ3) is 3.07. The van der Waals surface area contributed by atoms with Crippen LogP contribution in [0.2, 0.25) is 0 Å². The zero-order valence-electron chi connectivity index (χ0n) is 9.79. The van der Waals surface area contributed by atoms with Crippen molar-refractivity contribution in [1.82, 2.24) is 10.2 Å². The Labute approximate surface area is 113 Å². The molecule has 0 bridgehead atoms. The molecular weight excluding hydrogens is 270 g/mol. The number of nitrogens with two attached hydrogens (primary N) is 1. The van der Waals surface area contributed by atoms with Gasteiger partial charge in [-0.3, -0.25) is 0 Å². The van der Waals surface area contributed by atoms with Gasteiger partial charge in [0.05, 0.1) is 5.25 Å². The quantitative estimate of drug-likeness (QED) is 0.855. The van der Waals surface area contributed by atoms with Gasteiger partial charge in [-0.15, -0.1) is 21.5 Å². The Hall–Kier alpha value is -0.430. The van der Waals surface area contributed by atoms with E-state index in [1.54, 1.807) is 39.9 Å². The molecule has 2 N–H and O–H groups in total. The van der Waals surface area contributed by atoms with Gasteiger partial charge in [0.25, 0.3) is 0 Å². The third-order valence-corrected chi connectivity index (χ3v) is 6.02. The topological polar surface area (TPSA) is 51.8 Å². The molecule has 0 amide bonds. The van der Waals surface area contributed by atoms with E-state index in [2.05, 4.69) is 35.5 Å². The number of aryl methyl sites for hydroxylation is 1. The Morgan fingerprint density at radius 3 is 2.82 bits per heavy atom. The highest BCUT2D eigenvalue weighted by atomic mass is 32.2. The standard InChI is InChI=1S/C11H15N3S3/c1-3-8(12)10(9-7(2)4-5-15-9)17-11-14-13-6-16-11/h4-6,8,10H,3,12H2,1-2H3. The highest BCUT2D eigenvalue weighted by molar-refractivity contribution is 8.01. The van der Waals surface area contributed by atoms with Gasteiger partial charge in [0.2, 0.25) is 0 Å². The summed E-state index contributed by atoms with van der Waals surface area (Å²) in [5.74, 6) is 0. The van der Waals surface area contributed by atoms with Crippen LogP contribution < -0.4 is 5.73 Å². The molecule has 0 saturated heterocycles. The molecule has 2 rings (SSSR count). The van der Waals surface area contributed by atoms with Gasteiger partial charge in [-0.2, -0.15) is 0 Å². The van der Waals surface area contributed by atoms with Crippen LogP contribution >= 0.6 is 34.4 Å². The molecule has 2 aromatic rings. The van der Waals surface area contributed by atoms with Crippen molar-refractivity contribution in [1.29, 1.82) is 0 Å². The molecule has 0 fully saturated rings. The van der Waals surface area contributed by atoms with Gasteiger partial charge < -0.3 is 5.73 Å². The van der Waals surface area contributed by atoms with Crippen LogP contribution in [0.25, 0.3) is 0 Å². The number of nitrogens with zero attached hydrogens (tertiary/aromatic N) is 2. The summed E-state index contributed by atoms with van der Waals surface area (Å²) in [6.07, 6.45) is 0.966. The first-order chi connectivity index (χ1) is 8.22. The predicted molar refractivity (Wildman–Crippen MR) is 75.8 cm³/mol. The van der Waals surface area contributed by atoms with E-state index in [0.29, 0.717) is 0 Å². The molecular formula is C11H15N3S3. The first-order valence-electron chi connectivity index (χ1n) is 5.44. The van der Waals surface area contributed by atoms with Crippen LogP contribution in [-0.4, -0.2) is 16.2 Å². The number of hydrogen-bond donors (Lipinski definition) is 1. The van der Waals surface area contributed by atoms with E-state index in [1.807, 2.05) is 0 Å². The van der Waals surface area contributed by atoms with Crippen molar-refractivity contribution in [3.05, 3.63) is 27.4 Å². The smallest absolute Gasteiger partial charge is 0.174 e. The Balaban J connectivity index is 2.23. The lowest BCUT2D eigenvalue weighted by Crippen LogP contribution is -2.25. The van der Waals surface area contributed by atoms with Crippen molar-refractivity contribution in [2.45, 2.75) is 35.9 Å². The van der Waals surface area contributed by atoms with Gasteiger partial charge in [0.1, 0.15) is 5.51 Å². The molecule has 0 saturated carbocycles. The largest absolute Gasteiger partial charge is 0.326 e. The second-order valence-electron chi connectivity index (χ2n) is 3.78. The number of thiophene rings is 1. The van der Waals surface area contributed by atoms with Gasteiger partial charge in [0.15, 0.2) is 4.34 Å². The zero-order valence-corrected chi connectivity index (χ0v) is 12.2. The minimum Gasteiger partial charge on any atom is -0.326 e. The second-order valence-corrected chi connectivity index (χ2v) is 6.95. The molecule has 0 spiro atoms. The van der Waals surface area contributed by atoms with E-state index in [-0.39, 0.29) is 11.3 Å². The molecule has 2 heterocycles. The Morgan fingerprint density at radius 2 is 2.29 bits per heavy atom. The summed E-state index contributed by atoms with van der Waals surface area (Å²) in [7, 11) is 0. The monoisotopic (exact) mass is 285 g/mol. The van der Waals surface area contributed by atoms with Crippen LogP contribution in [-0.2, 0) is 0 Å². The molecule has 0 radical (unpaired) electrons. The SMILES string of the molecule is CCC(N)C(Sc1nncs1)c1sccc1C. The summed E-state index contributed by atoms with van der Waals surface area (Å²) >= 11 is 5.08. The maximum atomic E-state index is 6.24. The van der Waals surface area contributed by atoms with Gasteiger partial charge >= 0.3 is 0 Å². The summed E-state index contributed by atoms with van der Waals surface area (Å²) in [4.78, 5) is 1.36. The van der Waals surface area contributed by atoms with E-state index in [4.69, 9.17) is 5.73 Å². The van der Waals surface area contributed by atoms with Crippen molar-refractivity contribution in [3.63, 3.8) is 0 Å². The van der Waals surface area contributed by atoms with E-state index in [0.717, 1.165) is 10.8 Å². The fourth-order valence-electron chi connectivity index (χ4n) is 1.55. The molecule has 0 aliphatic carbocycles. The highest BCUT2D eigenvalue weighted by Crippen LogP contribution is 2.41. The highest BCUT2D eigenvalue weighted by Gasteiger charge is 2.23. The molecule has 0 aromatic carbocycles. The Bertz CT molecular complexity index is 452. The van der Waals surface area contributed by atoms with Crippen molar-refractivity contribution in [2.75, 3.05) is 0 Å². The van der Waals surface area contributed by atoms with Gasteiger partial charge in [-0.25, -0.2) is 0 Å². The molecule has 6 heteroatoms. The van der Waals surface area contributed by atoms with E-state index in [1.165, 1.54) is 10.4 Å². The fourth-order valence-corrected chi connectivity index (χ4v) is 4.75. The molecule has 0 aliphatic rings. The van der Waals surface area contributed by atoms with E-state index < -0.39 is 0 Å². The summed E-state index contributed by atoms with van der Waals surface area (Å²) in [6.45, 7) is 4.27. The second kappa shape index (κ2) is 5.95. The first kappa shape index (κ1) is 13.0. The number of hydrogen-bond acceptors (Lipinski definition) is 6. The summed E-state index contributed by atoms with van der Waals surface area (Å²) in [5, 5.41) is 10.4. The maximum Gasteiger partial charge on any atom is 0.174 e. The van der Waals surface area contributed by atoms with Crippen LogP contribution in [0.1, 0.15) is 29.0 Å². The van der Waals surface area contributed by atoms with Crippen molar-refractivity contribution >= 4 is 34.4 Å². The fraction of sp³-hybridized carbons (Fsp3) is 0.455. The molecule has 2 atom stereocenters. The minimum absolute atomic E-state index is 0.154. The molecule has 2 aromatic heterocycles. The average Bonchev–Trinajstić information content (AvgIpc) is 2.96. The van der Waals surface area contributed by atoms with Crippen LogP contribution in [0.15, 0.2) is 21.3 Å². The minimum atomic E-state index is 0.154. The van der Waals surface area contributed by atoms with Crippen molar-refractivity contribution in [2.24, 2.45) is 5.73 Å². The number of thioether (sulfide) groups is 1. The summed E-state index contributed by atoms with van der Waals surface area (Å²) in [6, 6.07) is 2.30. The first-order valence-corrected chi connectivity index (χ1v) is 8.08. The molecule has 3 nitrogen and oxygen atoms in total. The molecule has 0 aliphatic heterocycles. The van der Waals surface area contributed by atoms with Crippen molar-refractivity contribution in [3.8, 4) is 0 Å². The zero-order chi connectivity index (χ0) is 12.3. The number of aromatic nitrogens is 2. The predicted octanol–water partition coefficient (Wildman–Crippen LogP) is 3.48. The van der Waals surface area contributed by atoms with Crippen LogP contribution in [0, 0.1) is 6.92 Å². The lowest BCUT2D eigenvalue weighted by Gasteiger charge is -2.20. The van der Waals surface area contributed by atoms with Crippen LogP contribution in [0.3, 0.4) is 0 Å². The molecule has 92 valence electrons. The van der Waals surface area contributed by atoms with Gasteiger partial charge in [-0.05, 0) is 30.4 Å². The summed E-state index contributed by atoms with van der Waals surface area (Å²) < 4.78 is 0.992. The summed E-state index contributed by atoms with van der Waals surface area (Å²) in [5.41, 5.74) is 9.32. The molecule has 17 heavy (non-hydrogen) atoms. The van der Waals surface area contributed by atoms with Crippen LogP contribution in [0.5, 0.6) is 0 Å². The lowest BCUT2D eigenvalue weighted by molar-refractivity contribution is 0.638. The Morgan fingerprint density at radius 1 is 1.47 bits per heavy atom. The van der Waals surface area contributed by atoms with E-state index in [9.17, 15) is 0 Å². The third-order valence-electron chi connectivity index (χ3n) is 2.59. The normalized spacial score (nSPS) is 14.8. The Kier molecular flexibility index (Phi) is 4.55. The molecule has 2 unspecified atom stereocenters. The average molecular weight is 285 g/mol. The number of rotatable bonds is 5. The van der Waals surface area contributed by atoms with Crippen molar-refractivity contribution < 1.29 is 0 Å².